The van der Waals surface area contributed by atoms with Crippen molar-refractivity contribution < 1.29 is 14.3 Å². The summed E-state index contributed by atoms with van der Waals surface area (Å²) >= 11 is 3.29. The minimum atomic E-state index is -0.540. The Balaban J connectivity index is 2.52. The number of nitrogen functional groups attached to an aromatic ring is 1. The molecule has 0 aliphatic heterocycles. The summed E-state index contributed by atoms with van der Waals surface area (Å²) in [5, 5.41) is 2.68. The lowest BCUT2D eigenvalue weighted by atomic mass is 10.1. The van der Waals surface area contributed by atoms with Crippen LogP contribution in [0, 0.1) is 6.92 Å². The lowest BCUT2D eigenvalue weighted by Gasteiger charge is -2.10. The zero-order valence-electron chi connectivity index (χ0n) is 10.5. The maximum Gasteiger partial charge on any atom is 0.251 e. The molecule has 2 amide bonds. The molecule has 1 aromatic carbocycles. The van der Waals surface area contributed by atoms with E-state index in [2.05, 4.69) is 21.2 Å². The van der Waals surface area contributed by atoms with Crippen molar-refractivity contribution in [3.8, 4) is 0 Å². The number of ether oxygens (including phenoxy) is 1. The van der Waals surface area contributed by atoms with E-state index < -0.39 is 5.91 Å². The van der Waals surface area contributed by atoms with Crippen molar-refractivity contribution in [2.75, 3.05) is 25.5 Å². The Morgan fingerprint density at radius 1 is 1.42 bits per heavy atom. The number of carbonyl (C=O) groups is 2. The molecule has 0 unspecified atom stereocenters. The lowest BCUT2D eigenvalue weighted by Crippen LogP contribution is -2.29. The number of carbonyl (C=O) groups excluding carboxylic acids is 2. The van der Waals surface area contributed by atoms with Gasteiger partial charge in [0.2, 0.25) is 5.91 Å². The van der Waals surface area contributed by atoms with Crippen molar-refractivity contribution in [1.29, 1.82) is 0 Å². The summed E-state index contributed by atoms with van der Waals surface area (Å²) in [7, 11) is 0. The fraction of sp³-hybridized carbons (Fsp3) is 0.333. The van der Waals surface area contributed by atoms with Gasteiger partial charge in [-0.3, -0.25) is 9.59 Å². The third-order valence-corrected chi connectivity index (χ3v) is 2.89. The summed E-state index contributed by atoms with van der Waals surface area (Å²) in [4.78, 5) is 22.4. The van der Waals surface area contributed by atoms with Gasteiger partial charge >= 0.3 is 0 Å². The van der Waals surface area contributed by atoms with Gasteiger partial charge in [-0.25, -0.2) is 0 Å². The molecule has 0 radical (unpaired) electrons. The highest BCUT2D eigenvalue weighted by molar-refractivity contribution is 9.10. The minimum Gasteiger partial charge on any atom is -0.398 e. The van der Waals surface area contributed by atoms with Crippen LogP contribution in [0.5, 0.6) is 0 Å². The number of rotatable bonds is 6. The molecule has 0 aliphatic carbocycles. The first-order valence-corrected chi connectivity index (χ1v) is 6.41. The second kappa shape index (κ2) is 7.10. The van der Waals surface area contributed by atoms with Crippen LogP contribution in [0.15, 0.2) is 16.6 Å². The number of primary amides is 1. The second-order valence-corrected chi connectivity index (χ2v) is 4.86. The van der Waals surface area contributed by atoms with Crippen molar-refractivity contribution in [3.05, 3.63) is 27.7 Å². The number of amides is 2. The zero-order chi connectivity index (χ0) is 14.4. The van der Waals surface area contributed by atoms with Crippen LogP contribution in [0.1, 0.15) is 15.9 Å². The van der Waals surface area contributed by atoms with Crippen LogP contribution in [0.4, 0.5) is 5.69 Å². The smallest absolute Gasteiger partial charge is 0.251 e. The number of hydrogen-bond acceptors (Lipinski definition) is 4. The first-order valence-electron chi connectivity index (χ1n) is 5.61. The van der Waals surface area contributed by atoms with Gasteiger partial charge in [0.15, 0.2) is 0 Å². The first-order chi connectivity index (χ1) is 8.91. The standard InChI is InChI=1S/C12H16BrN3O3/c1-7-9(4-8(13)5-10(7)14)12(18)16-2-3-19-6-11(15)17/h4-5H,2-3,6,14H2,1H3,(H2,15,17)(H,16,18). The van der Waals surface area contributed by atoms with Gasteiger partial charge in [0.05, 0.1) is 6.61 Å². The molecule has 6 nitrogen and oxygen atoms in total. The van der Waals surface area contributed by atoms with E-state index in [1.54, 1.807) is 19.1 Å². The van der Waals surface area contributed by atoms with Crippen LogP contribution in [0.3, 0.4) is 0 Å². The van der Waals surface area contributed by atoms with Gasteiger partial charge in [-0.1, -0.05) is 15.9 Å². The van der Waals surface area contributed by atoms with Crippen LogP contribution in [-0.2, 0) is 9.53 Å². The molecular formula is C12H16BrN3O3. The summed E-state index contributed by atoms with van der Waals surface area (Å²) in [5.74, 6) is -0.782. The van der Waals surface area contributed by atoms with Gasteiger partial charge in [0, 0.05) is 22.3 Å². The topological polar surface area (TPSA) is 107 Å². The Bertz CT molecular complexity index is 491. The van der Waals surface area contributed by atoms with E-state index in [9.17, 15) is 9.59 Å². The molecule has 7 heteroatoms. The molecule has 0 heterocycles. The summed E-state index contributed by atoms with van der Waals surface area (Å²) in [5.41, 5.74) is 12.5. The molecule has 1 aromatic rings. The molecule has 1 rings (SSSR count). The molecular weight excluding hydrogens is 314 g/mol. The van der Waals surface area contributed by atoms with Crippen LogP contribution in [0.2, 0.25) is 0 Å². The number of nitrogens with one attached hydrogen (secondary N) is 1. The Hall–Kier alpha value is -1.60. The largest absolute Gasteiger partial charge is 0.398 e. The molecule has 0 aromatic heterocycles. The van der Waals surface area contributed by atoms with Crippen molar-refractivity contribution >= 4 is 33.4 Å². The molecule has 0 spiro atoms. The van der Waals surface area contributed by atoms with E-state index in [-0.39, 0.29) is 25.7 Å². The molecule has 0 aliphatic rings. The van der Waals surface area contributed by atoms with Gasteiger partial charge in [-0.2, -0.15) is 0 Å². The summed E-state index contributed by atoms with van der Waals surface area (Å²) < 4.78 is 5.68. The molecule has 0 saturated carbocycles. The molecule has 0 bridgehead atoms. The SMILES string of the molecule is Cc1c(N)cc(Br)cc1C(=O)NCCOCC(N)=O. The van der Waals surface area contributed by atoms with E-state index in [1.165, 1.54) is 0 Å². The monoisotopic (exact) mass is 329 g/mol. The van der Waals surface area contributed by atoms with Gasteiger partial charge < -0.3 is 21.5 Å². The van der Waals surface area contributed by atoms with Gasteiger partial charge in [0.1, 0.15) is 6.61 Å². The van der Waals surface area contributed by atoms with E-state index in [0.717, 1.165) is 10.0 Å². The van der Waals surface area contributed by atoms with E-state index in [1.807, 2.05) is 0 Å². The first kappa shape index (κ1) is 15.5. The summed E-state index contributed by atoms with van der Waals surface area (Å²) in [6.45, 7) is 2.13. The minimum absolute atomic E-state index is 0.154. The third-order valence-electron chi connectivity index (χ3n) is 2.43. The maximum absolute atomic E-state index is 11.9. The molecule has 5 N–H and O–H groups in total. The molecule has 19 heavy (non-hydrogen) atoms. The number of benzene rings is 1. The van der Waals surface area contributed by atoms with E-state index in [4.69, 9.17) is 16.2 Å². The van der Waals surface area contributed by atoms with Crippen LogP contribution < -0.4 is 16.8 Å². The van der Waals surface area contributed by atoms with Crippen LogP contribution >= 0.6 is 15.9 Å². The molecule has 104 valence electrons. The lowest BCUT2D eigenvalue weighted by molar-refractivity contribution is -0.122. The number of hydrogen-bond donors (Lipinski definition) is 3. The van der Waals surface area contributed by atoms with Gasteiger partial charge in [-0.05, 0) is 24.6 Å². The van der Waals surface area contributed by atoms with Crippen LogP contribution in [-0.4, -0.2) is 31.6 Å². The van der Waals surface area contributed by atoms with E-state index >= 15 is 0 Å². The van der Waals surface area contributed by atoms with Crippen molar-refractivity contribution in [2.45, 2.75) is 6.92 Å². The normalized spacial score (nSPS) is 10.2. The summed E-state index contributed by atoms with van der Waals surface area (Å²) in [6, 6.07) is 3.44. The zero-order valence-corrected chi connectivity index (χ0v) is 12.1. The Morgan fingerprint density at radius 2 is 2.11 bits per heavy atom. The van der Waals surface area contributed by atoms with Crippen molar-refractivity contribution in [2.24, 2.45) is 5.73 Å². The maximum atomic E-state index is 11.9. The molecule has 0 fully saturated rings. The predicted molar refractivity (Wildman–Crippen MR) is 75.6 cm³/mol. The Labute approximate surface area is 119 Å². The van der Waals surface area contributed by atoms with Crippen molar-refractivity contribution in [3.63, 3.8) is 0 Å². The Kier molecular flexibility index (Phi) is 5.78. The van der Waals surface area contributed by atoms with Gasteiger partial charge in [-0.15, -0.1) is 0 Å². The quantitative estimate of drug-likeness (QED) is 0.523. The summed E-state index contributed by atoms with van der Waals surface area (Å²) in [6.07, 6.45) is 0. The number of halogens is 1. The van der Waals surface area contributed by atoms with Gasteiger partial charge in [0.25, 0.3) is 5.91 Å². The van der Waals surface area contributed by atoms with Crippen LogP contribution in [0.25, 0.3) is 0 Å². The van der Waals surface area contributed by atoms with Crippen molar-refractivity contribution in [1.82, 2.24) is 5.32 Å². The third kappa shape index (κ3) is 4.88. The van der Waals surface area contributed by atoms with E-state index in [0.29, 0.717) is 11.3 Å². The highest BCUT2D eigenvalue weighted by atomic mass is 79.9. The average Bonchev–Trinajstić information content (AvgIpc) is 2.32. The fourth-order valence-electron chi connectivity index (χ4n) is 1.44. The Morgan fingerprint density at radius 3 is 2.74 bits per heavy atom. The molecule has 0 saturated heterocycles. The predicted octanol–water partition coefficient (Wildman–Crippen LogP) is 0.571. The molecule has 0 atom stereocenters. The fourth-order valence-corrected chi connectivity index (χ4v) is 1.92. The number of anilines is 1. The number of nitrogens with two attached hydrogens (primary N) is 2. The highest BCUT2D eigenvalue weighted by Gasteiger charge is 2.11. The highest BCUT2D eigenvalue weighted by Crippen LogP contribution is 2.22. The average molecular weight is 330 g/mol. The second-order valence-electron chi connectivity index (χ2n) is 3.94.